The summed E-state index contributed by atoms with van der Waals surface area (Å²) in [5, 5.41) is 7.07. The van der Waals surface area contributed by atoms with Crippen molar-refractivity contribution < 1.29 is 9.59 Å². The fourth-order valence-electron chi connectivity index (χ4n) is 3.32. The maximum atomic E-state index is 12.5. The zero-order valence-electron chi connectivity index (χ0n) is 13.4. The molecule has 130 valence electrons. The van der Waals surface area contributed by atoms with Crippen LogP contribution in [0.3, 0.4) is 0 Å². The number of hydrogen-bond acceptors (Lipinski definition) is 3. The molecule has 1 aromatic rings. The topological polar surface area (TPSA) is 61.4 Å². The summed E-state index contributed by atoms with van der Waals surface area (Å²) in [4.78, 5) is 26.5. The van der Waals surface area contributed by atoms with Crippen LogP contribution in [0.2, 0.25) is 10.0 Å². The Morgan fingerprint density at radius 3 is 2.83 bits per heavy atom. The highest BCUT2D eigenvalue weighted by Gasteiger charge is 2.37. The van der Waals surface area contributed by atoms with Gasteiger partial charge in [0.15, 0.2) is 0 Å². The number of carbonyl (C=O) groups excluding carboxylic acids is 2. The van der Waals surface area contributed by atoms with Crippen LogP contribution in [0.25, 0.3) is 0 Å². The lowest BCUT2D eigenvalue weighted by Crippen LogP contribution is -2.37. The molecule has 0 saturated carbocycles. The molecule has 0 radical (unpaired) electrons. The first-order chi connectivity index (χ1) is 11.6. The lowest BCUT2D eigenvalue weighted by molar-refractivity contribution is -0.132. The second-order valence-corrected chi connectivity index (χ2v) is 7.18. The van der Waals surface area contributed by atoms with Crippen LogP contribution in [-0.4, -0.2) is 38.0 Å². The van der Waals surface area contributed by atoms with Crippen LogP contribution in [0.5, 0.6) is 0 Å². The van der Waals surface area contributed by atoms with Crippen LogP contribution in [0.1, 0.15) is 19.3 Å². The zero-order chi connectivity index (χ0) is 17.1. The monoisotopic (exact) mass is 369 g/mol. The molecule has 0 aliphatic carbocycles. The molecule has 2 atom stereocenters. The van der Waals surface area contributed by atoms with Gasteiger partial charge in [0, 0.05) is 18.8 Å². The van der Waals surface area contributed by atoms with Crippen molar-refractivity contribution in [1.29, 1.82) is 0 Å². The molecule has 0 bridgehead atoms. The van der Waals surface area contributed by atoms with Crippen molar-refractivity contribution in [3.63, 3.8) is 0 Å². The van der Waals surface area contributed by atoms with E-state index in [0.29, 0.717) is 41.2 Å². The van der Waals surface area contributed by atoms with Crippen molar-refractivity contribution >= 4 is 40.7 Å². The van der Waals surface area contributed by atoms with Gasteiger partial charge in [0.2, 0.25) is 11.8 Å². The summed E-state index contributed by atoms with van der Waals surface area (Å²) in [5.74, 6) is -0.333. The summed E-state index contributed by atoms with van der Waals surface area (Å²) in [6.07, 6.45) is 2.63. The number of nitrogens with zero attached hydrogens (tertiary/aromatic N) is 1. The lowest BCUT2D eigenvalue weighted by Gasteiger charge is -2.17. The molecule has 0 aromatic heterocycles. The van der Waals surface area contributed by atoms with E-state index in [4.69, 9.17) is 23.2 Å². The molecular formula is C17H21Cl2N3O2. The Morgan fingerprint density at radius 2 is 2.12 bits per heavy atom. The van der Waals surface area contributed by atoms with Gasteiger partial charge in [0.25, 0.3) is 0 Å². The summed E-state index contributed by atoms with van der Waals surface area (Å²) in [6, 6.07) is 5.07. The van der Waals surface area contributed by atoms with E-state index in [1.807, 2.05) is 0 Å². The molecule has 2 aliphatic heterocycles. The molecule has 2 amide bonds. The van der Waals surface area contributed by atoms with Gasteiger partial charge in [0.1, 0.15) is 5.92 Å². The predicted octanol–water partition coefficient (Wildman–Crippen LogP) is 2.46. The highest BCUT2D eigenvalue weighted by Crippen LogP contribution is 2.31. The normalized spacial score (nSPS) is 23.8. The van der Waals surface area contributed by atoms with Gasteiger partial charge in [-0.05, 0) is 56.5 Å². The van der Waals surface area contributed by atoms with Crippen LogP contribution < -0.4 is 15.5 Å². The van der Waals surface area contributed by atoms with Crippen LogP contribution in [0, 0.1) is 11.8 Å². The maximum absolute atomic E-state index is 12.5. The van der Waals surface area contributed by atoms with Crippen molar-refractivity contribution in [3.05, 3.63) is 28.2 Å². The highest BCUT2D eigenvalue weighted by atomic mass is 35.5. The molecule has 2 N–H and O–H groups in total. The molecule has 3 rings (SSSR count). The number of rotatable bonds is 5. The molecule has 2 heterocycles. The van der Waals surface area contributed by atoms with Crippen LogP contribution in [0.4, 0.5) is 5.69 Å². The largest absolute Gasteiger partial charge is 0.355 e. The Hall–Kier alpha value is -1.30. The van der Waals surface area contributed by atoms with E-state index in [1.54, 1.807) is 23.1 Å². The van der Waals surface area contributed by atoms with Crippen molar-refractivity contribution in [2.75, 3.05) is 31.1 Å². The smallest absolute Gasteiger partial charge is 0.239 e. The Labute approximate surface area is 151 Å². The summed E-state index contributed by atoms with van der Waals surface area (Å²) >= 11 is 11.9. The molecule has 5 nitrogen and oxygen atoms in total. The van der Waals surface area contributed by atoms with Crippen molar-refractivity contribution in [3.8, 4) is 0 Å². The number of halogens is 2. The minimum atomic E-state index is -0.610. The van der Waals surface area contributed by atoms with Gasteiger partial charge >= 0.3 is 0 Å². The van der Waals surface area contributed by atoms with Crippen LogP contribution >= 0.6 is 23.2 Å². The minimum Gasteiger partial charge on any atom is -0.355 e. The number of amides is 2. The van der Waals surface area contributed by atoms with Crippen molar-refractivity contribution in [2.24, 2.45) is 11.8 Å². The third-order valence-electron chi connectivity index (χ3n) is 4.75. The van der Waals surface area contributed by atoms with Gasteiger partial charge in [-0.15, -0.1) is 0 Å². The van der Waals surface area contributed by atoms with Gasteiger partial charge in [0.05, 0.1) is 10.0 Å². The van der Waals surface area contributed by atoms with Gasteiger partial charge in [-0.3, -0.25) is 9.59 Å². The van der Waals surface area contributed by atoms with Gasteiger partial charge < -0.3 is 15.5 Å². The fraction of sp³-hybridized carbons (Fsp3) is 0.529. The van der Waals surface area contributed by atoms with E-state index in [0.717, 1.165) is 25.9 Å². The molecule has 24 heavy (non-hydrogen) atoms. The fourth-order valence-corrected chi connectivity index (χ4v) is 3.61. The number of anilines is 1. The van der Waals surface area contributed by atoms with Crippen molar-refractivity contribution in [1.82, 2.24) is 10.6 Å². The first-order valence-electron chi connectivity index (χ1n) is 8.31. The van der Waals surface area contributed by atoms with E-state index in [2.05, 4.69) is 10.6 Å². The molecule has 2 saturated heterocycles. The number of carbonyl (C=O) groups is 2. The van der Waals surface area contributed by atoms with E-state index in [1.165, 1.54) is 0 Å². The maximum Gasteiger partial charge on any atom is 0.239 e. The third-order valence-corrected chi connectivity index (χ3v) is 5.49. The second-order valence-electron chi connectivity index (χ2n) is 6.37. The summed E-state index contributed by atoms with van der Waals surface area (Å²) in [6.45, 7) is 3.21. The summed E-state index contributed by atoms with van der Waals surface area (Å²) < 4.78 is 0. The van der Waals surface area contributed by atoms with E-state index >= 15 is 0 Å². The van der Waals surface area contributed by atoms with Crippen LogP contribution in [-0.2, 0) is 9.59 Å². The molecule has 2 fully saturated rings. The molecule has 0 spiro atoms. The molecular weight excluding hydrogens is 349 g/mol. The van der Waals surface area contributed by atoms with Gasteiger partial charge in [-0.25, -0.2) is 0 Å². The van der Waals surface area contributed by atoms with E-state index in [9.17, 15) is 9.59 Å². The average molecular weight is 370 g/mol. The Bertz CT molecular complexity index is 632. The Balaban J connectivity index is 1.54. The Kier molecular flexibility index (Phi) is 5.64. The number of hydrogen-bond donors (Lipinski definition) is 2. The second kappa shape index (κ2) is 7.72. The zero-order valence-corrected chi connectivity index (χ0v) is 14.9. The molecule has 7 heteroatoms. The minimum absolute atomic E-state index is 0.173. The summed E-state index contributed by atoms with van der Waals surface area (Å²) in [7, 11) is 0. The third kappa shape index (κ3) is 3.85. The SMILES string of the molecule is O=C(NCCC1CCNC1)C1CCN(c2ccc(Cl)c(Cl)c2)C1=O. The van der Waals surface area contributed by atoms with E-state index in [-0.39, 0.29) is 11.8 Å². The number of benzene rings is 1. The highest BCUT2D eigenvalue weighted by molar-refractivity contribution is 6.42. The lowest BCUT2D eigenvalue weighted by atomic mass is 10.0. The summed E-state index contributed by atoms with van der Waals surface area (Å²) in [5.41, 5.74) is 0.682. The standard InChI is InChI=1S/C17H21Cl2N3O2/c18-14-2-1-12(9-15(14)19)22-8-5-13(17(22)24)16(23)21-7-4-11-3-6-20-10-11/h1-2,9,11,13,20H,3-8,10H2,(H,21,23). The first kappa shape index (κ1) is 17.5. The van der Waals surface area contributed by atoms with Gasteiger partial charge in [-0.2, -0.15) is 0 Å². The van der Waals surface area contributed by atoms with E-state index < -0.39 is 5.92 Å². The van der Waals surface area contributed by atoms with Crippen molar-refractivity contribution in [2.45, 2.75) is 19.3 Å². The Morgan fingerprint density at radius 1 is 1.29 bits per heavy atom. The van der Waals surface area contributed by atoms with Gasteiger partial charge in [-0.1, -0.05) is 23.2 Å². The quantitative estimate of drug-likeness (QED) is 0.783. The molecule has 2 aliphatic rings. The molecule has 1 aromatic carbocycles. The first-order valence-corrected chi connectivity index (χ1v) is 9.06. The predicted molar refractivity (Wildman–Crippen MR) is 95.5 cm³/mol. The van der Waals surface area contributed by atoms with Crippen LogP contribution in [0.15, 0.2) is 18.2 Å². The average Bonchev–Trinajstić information content (AvgIpc) is 3.20. The number of nitrogens with one attached hydrogen (secondary N) is 2. The molecule has 2 unspecified atom stereocenters.